The summed E-state index contributed by atoms with van der Waals surface area (Å²) in [6, 6.07) is 1.28. The van der Waals surface area contributed by atoms with Gasteiger partial charge in [-0.25, -0.2) is 4.79 Å². The molecular formula is C39H56ClN7O7. The number of allylic oxidation sites excluding steroid dienone is 1. The first-order chi connectivity index (χ1) is 25.4. The second-order valence-corrected chi connectivity index (χ2v) is 16.1. The SMILES string of the molecule is Cc1nnc(-c2ccc(Cl)cc2C[C@H]2C(=O)NCCCCC=CC[C@H](N(C)C(=O)[C@@H](NC(=O)OC(C)(C)C)C3CC3)C(=O)N[C@@H](CC(C)C)C(=O)N2C)o1. The zero-order chi connectivity index (χ0) is 39.7. The number of alkyl carbamates (subject to hydrolysis) is 1. The van der Waals surface area contributed by atoms with Crippen LogP contribution in [0, 0.1) is 18.8 Å². The molecule has 296 valence electrons. The Labute approximate surface area is 323 Å². The molecule has 14 nitrogen and oxygen atoms in total. The summed E-state index contributed by atoms with van der Waals surface area (Å²) in [5, 5.41) is 17.2. The molecule has 1 aromatic carbocycles. The molecule has 4 rings (SSSR count). The van der Waals surface area contributed by atoms with Crippen LogP contribution in [0.1, 0.15) is 91.0 Å². The van der Waals surface area contributed by atoms with Crippen molar-refractivity contribution in [3.05, 3.63) is 46.8 Å². The predicted octanol–water partition coefficient (Wildman–Crippen LogP) is 4.98. The summed E-state index contributed by atoms with van der Waals surface area (Å²) in [7, 11) is 3.10. The lowest BCUT2D eigenvalue weighted by Gasteiger charge is -2.34. The van der Waals surface area contributed by atoms with E-state index in [4.69, 9.17) is 20.8 Å². The van der Waals surface area contributed by atoms with E-state index in [1.54, 1.807) is 60.0 Å². The van der Waals surface area contributed by atoms with Gasteiger partial charge in [-0.2, -0.15) is 0 Å². The highest BCUT2D eigenvalue weighted by Crippen LogP contribution is 2.34. The van der Waals surface area contributed by atoms with Crippen LogP contribution in [0.15, 0.2) is 34.8 Å². The van der Waals surface area contributed by atoms with Crippen LogP contribution in [-0.4, -0.2) is 100 Å². The highest BCUT2D eigenvalue weighted by atomic mass is 35.5. The van der Waals surface area contributed by atoms with E-state index >= 15 is 0 Å². The fourth-order valence-electron chi connectivity index (χ4n) is 6.44. The van der Waals surface area contributed by atoms with Crippen molar-refractivity contribution in [2.24, 2.45) is 11.8 Å². The van der Waals surface area contributed by atoms with Gasteiger partial charge >= 0.3 is 6.09 Å². The number of nitrogens with one attached hydrogen (secondary N) is 3. The fraction of sp³-hybridized carbons (Fsp3) is 0.615. The number of hydrogen-bond donors (Lipinski definition) is 3. The second-order valence-electron chi connectivity index (χ2n) is 15.7. The van der Waals surface area contributed by atoms with Gasteiger partial charge in [0.25, 0.3) is 0 Å². The van der Waals surface area contributed by atoms with E-state index in [0.717, 1.165) is 19.3 Å². The summed E-state index contributed by atoms with van der Waals surface area (Å²) in [6.07, 6.45) is 7.31. The topological polar surface area (TPSA) is 176 Å². The van der Waals surface area contributed by atoms with Crippen molar-refractivity contribution in [1.82, 2.24) is 35.9 Å². The number of nitrogens with zero attached hydrogens (tertiary/aromatic N) is 4. The van der Waals surface area contributed by atoms with Crippen LogP contribution in [0.5, 0.6) is 0 Å². The maximum atomic E-state index is 14.5. The third-order valence-corrected chi connectivity index (χ3v) is 9.68. The molecule has 2 aromatic rings. The Hall–Kier alpha value is -4.46. The normalized spacial score (nSPS) is 21.3. The van der Waals surface area contributed by atoms with Gasteiger partial charge < -0.3 is 34.9 Å². The standard InChI is InChI=1S/C39H56ClN7O7/c1-23(2)20-29-36(50)47(8)31(22-26-21-27(40)17-18-28(26)35-45-44-24(3)53-35)33(48)41-19-13-11-9-10-12-14-30(34(49)42-29)46(7)37(51)32(25-15-16-25)43-38(52)54-39(4,5)6/h10,12,17-18,21,23,25,29-32H,9,11,13-16,19-20,22H2,1-8H3,(H,41,48)(H,42,49)(H,43,52)/t29-,30-,31-,32-/m0/s1. The minimum atomic E-state index is -1.02. The third-order valence-electron chi connectivity index (χ3n) is 9.45. The van der Waals surface area contributed by atoms with Gasteiger partial charge in [-0.3, -0.25) is 19.2 Å². The molecule has 0 unspecified atom stereocenters. The summed E-state index contributed by atoms with van der Waals surface area (Å²) in [5.41, 5.74) is 0.455. The molecule has 2 aliphatic rings. The molecule has 0 saturated heterocycles. The minimum Gasteiger partial charge on any atom is -0.444 e. The molecular weight excluding hydrogens is 714 g/mol. The fourth-order valence-corrected chi connectivity index (χ4v) is 6.63. The smallest absolute Gasteiger partial charge is 0.408 e. The number of aryl methyl sites for hydroxylation is 1. The molecule has 1 fully saturated rings. The number of carbonyl (C=O) groups excluding carboxylic acids is 5. The van der Waals surface area contributed by atoms with E-state index in [1.165, 1.54) is 9.80 Å². The maximum Gasteiger partial charge on any atom is 0.408 e. The quantitative estimate of drug-likeness (QED) is 0.297. The first kappa shape index (κ1) is 42.3. The van der Waals surface area contributed by atoms with Crippen LogP contribution in [0.3, 0.4) is 0 Å². The van der Waals surface area contributed by atoms with Crippen molar-refractivity contribution >= 4 is 41.3 Å². The van der Waals surface area contributed by atoms with Crippen LogP contribution in [0.25, 0.3) is 11.5 Å². The Morgan fingerprint density at radius 1 is 1.11 bits per heavy atom. The van der Waals surface area contributed by atoms with Gasteiger partial charge in [0.2, 0.25) is 35.4 Å². The van der Waals surface area contributed by atoms with Crippen LogP contribution in [0.2, 0.25) is 5.02 Å². The number of ether oxygens (including phenoxy) is 1. The van der Waals surface area contributed by atoms with E-state index in [0.29, 0.717) is 41.4 Å². The lowest BCUT2D eigenvalue weighted by Crippen LogP contribution is -2.59. The summed E-state index contributed by atoms with van der Waals surface area (Å²) < 4.78 is 11.1. The van der Waals surface area contributed by atoms with Crippen molar-refractivity contribution in [1.29, 1.82) is 0 Å². The summed E-state index contributed by atoms with van der Waals surface area (Å²) >= 11 is 6.43. The van der Waals surface area contributed by atoms with E-state index in [1.807, 2.05) is 26.0 Å². The van der Waals surface area contributed by atoms with E-state index in [2.05, 4.69) is 26.1 Å². The number of likely N-dealkylation sites (N-methyl/N-ethyl adjacent to an activating group) is 2. The largest absolute Gasteiger partial charge is 0.444 e. The summed E-state index contributed by atoms with van der Waals surface area (Å²) in [4.78, 5) is 72.1. The van der Waals surface area contributed by atoms with Crippen LogP contribution in [-0.2, 0) is 30.3 Å². The molecule has 15 heteroatoms. The Balaban J connectivity index is 1.65. The maximum absolute atomic E-state index is 14.5. The predicted molar refractivity (Wildman–Crippen MR) is 204 cm³/mol. The van der Waals surface area contributed by atoms with Crippen LogP contribution >= 0.6 is 11.6 Å². The van der Waals surface area contributed by atoms with Crippen LogP contribution in [0.4, 0.5) is 4.79 Å². The number of carbonyl (C=O) groups is 5. The zero-order valence-electron chi connectivity index (χ0n) is 32.7. The van der Waals surface area contributed by atoms with E-state index in [9.17, 15) is 24.0 Å². The molecule has 0 spiro atoms. The molecule has 1 aliphatic carbocycles. The molecule has 5 amide bonds. The average molecular weight is 770 g/mol. The van der Waals surface area contributed by atoms with Gasteiger partial charge in [-0.15, -0.1) is 10.2 Å². The molecule has 1 saturated carbocycles. The summed E-state index contributed by atoms with van der Waals surface area (Å²) in [5.74, 6) is -1.22. The Kier molecular flexibility index (Phi) is 14.7. The van der Waals surface area contributed by atoms with E-state index in [-0.39, 0.29) is 42.9 Å². The van der Waals surface area contributed by atoms with Crippen molar-refractivity contribution in [2.75, 3.05) is 20.6 Å². The molecule has 1 aromatic heterocycles. The first-order valence-electron chi connectivity index (χ1n) is 18.8. The van der Waals surface area contributed by atoms with Gasteiger partial charge in [-0.05, 0) is 101 Å². The molecule has 54 heavy (non-hydrogen) atoms. The van der Waals surface area contributed by atoms with Gasteiger partial charge in [-0.1, -0.05) is 37.6 Å². The molecule has 3 N–H and O–H groups in total. The van der Waals surface area contributed by atoms with Gasteiger partial charge in [0.15, 0.2) is 0 Å². The number of rotatable bonds is 9. The average Bonchev–Trinajstić information content (AvgIpc) is 3.84. The van der Waals surface area contributed by atoms with Crippen molar-refractivity contribution in [2.45, 2.75) is 123 Å². The minimum absolute atomic E-state index is 0.0131. The molecule has 0 bridgehead atoms. The number of halogens is 1. The van der Waals surface area contributed by atoms with E-state index < -0.39 is 53.6 Å². The second kappa shape index (κ2) is 18.7. The Bertz CT molecular complexity index is 1680. The highest BCUT2D eigenvalue weighted by molar-refractivity contribution is 6.30. The third kappa shape index (κ3) is 12.0. The first-order valence-corrected chi connectivity index (χ1v) is 19.2. The van der Waals surface area contributed by atoms with Crippen molar-refractivity contribution < 1.29 is 33.1 Å². The molecule has 1 aliphatic heterocycles. The van der Waals surface area contributed by atoms with Crippen molar-refractivity contribution in [3.63, 3.8) is 0 Å². The lowest BCUT2D eigenvalue weighted by atomic mass is 9.96. The molecule has 0 radical (unpaired) electrons. The van der Waals surface area contributed by atoms with Crippen LogP contribution < -0.4 is 16.0 Å². The number of hydrogen-bond acceptors (Lipinski definition) is 9. The van der Waals surface area contributed by atoms with Gasteiger partial charge in [0.1, 0.15) is 29.8 Å². The number of benzene rings is 1. The van der Waals surface area contributed by atoms with Crippen molar-refractivity contribution in [3.8, 4) is 11.5 Å². The van der Waals surface area contributed by atoms with Gasteiger partial charge in [0.05, 0.1) is 0 Å². The van der Waals surface area contributed by atoms with Gasteiger partial charge in [0, 0.05) is 44.6 Å². The number of aromatic nitrogens is 2. The monoisotopic (exact) mass is 769 g/mol. The molecule has 2 heterocycles. The Morgan fingerprint density at radius 2 is 1.83 bits per heavy atom. The lowest BCUT2D eigenvalue weighted by molar-refractivity contribution is -0.144. The zero-order valence-corrected chi connectivity index (χ0v) is 33.5. The Morgan fingerprint density at radius 3 is 2.46 bits per heavy atom. The highest BCUT2D eigenvalue weighted by Gasteiger charge is 2.42. The molecule has 4 atom stereocenters. The summed E-state index contributed by atoms with van der Waals surface area (Å²) in [6.45, 7) is 11.2. The number of amides is 5.